The van der Waals surface area contributed by atoms with E-state index in [9.17, 15) is 5.11 Å². The Morgan fingerprint density at radius 2 is 1.90 bits per heavy atom. The van der Waals surface area contributed by atoms with Gasteiger partial charge in [-0.05, 0) is 55.2 Å². The standard InChI is InChI=1S/C9H9NO.C9H11N/c1-6-4-8(11)5-7-2-3-10-9(6)7;1-7-3-2-4-8-5-6-10-9(7)8/h2-5,10-11H,1H3;2-4,10H,5-6H2,1H3. The number of H-pyrrole nitrogens is 1. The van der Waals surface area contributed by atoms with E-state index in [1.54, 1.807) is 12.1 Å². The van der Waals surface area contributed by atoms with Gasteiger partial charge in [-0.25, -0.2) is 0 Å². The van der Waals surface area contributed by atoms with Crippen molar-refractivity contribution in [1.82, 2.24) is 4.98 Å². The Labute approximate surface area is 124 Å². The van der Waals surface area contributed by atoms with Gasteiger partial charge in [-0.2, -0.15) is 0 Å². The molecule has 0 spiro atoms. The minimum absolute atomic E-state index is 0.328. The summed E-state index contributed by atoms with van der Waals surface area (Å²) >= 11 is 0. The first-order chi connectivity index (χ1) is 10.1. The summed E-state index contributed by atoms with van der Waals surface area (Å²) < 4.78 is 0. The molecular weight excluding hydrogens is 260 g/mol. The molecule has 1 aliphatic heterocycles. The van der Waals surface area contributed by atoms with E-state index in [1.165, 1.54) is 23.2 Å². The van der Waals surface area contributed by atoms with Gasteiger partial charge in [0.15, 0.2) is 0 Å². The van der Waals surface area contributed by atoms with Crippen molar-refractivity contribution in [2.45, 2.75) is 20.3 Å². The number of rotatable bonds is 0. The molecule has 0 bridgehead atoms. The third-order valence-corrected chi connectivity index (χ3v) is 3.90. The molecule has 3 N–H and O–H groups in total. The molecule has 2 aromatic carbocycles. The summed E-state index contributed by atoms with van der Waals surface area (Å²) in [5.74, 6) is 0.328. The van der Waals surface area contributed by atoms with Crippen LogP contribution >= 0.6 is 0 Å². The van der Waals surface area contributed by atoms with Crippen LogP contribution in [0, 0.1) is 13.8 Å². The molecule has 0 saturated carbocycles. The highest BCUT2D eigenvalue weighted by Gasteiger charge is 2.09. The third kappa shape index (κ3) is 2.72. The van der Waals surface area contributed by atoms with Crippen molar-refractivity contribution >= 4 is 16.6 Å². The summed E-state index contributed by atoms with van der Waals surface area (Å²) in [6, 6.07) is 11.9. The number of aryl methyl sites for hydroxylation is 2. The van der Waals surface area contributed by atoms with Crippen LogP contribution < -0.4 is 5.32 Å². The lowest BCUT2D eigenvalue weighted by Crippen LogP contribution is -1.92. The molecular formula is C18H20N2O. The van der Waals surface area contributed by atoms with Gasteiger partial charge < -0.3 is 15.4 Å². The van der Waals surface area contributed by atoms with Gasteiger partial charge in [-0.1, -0.05) is 18.2 Å². The Balaban J connectivity index is 0.000000126. The van der Waals surface area contributed by atoms with Crippen molar-refractivity contribution in [3.8, 4) is 5.75 Å². The van der Waals surface area contributed by atoms with Gasteiger partial charge in [0.2, 0.25) is 0 Å². The number of hydrogen-bond donors (Lipinski definition) is 3. The number of aromatic nitrogens is 1. The molecule has 1 aliphatic rings. The van der Waals surface area contributed by atoms with Crippen molar-refractivity contribution in [1.29, 1.82) is 0 Å². The largest absolute Gasteiger partial charge is 0.508 e. The van der Waals surface area contributed by atoms with Gasteiger partial charge in [0, 0.05) is 29.3 Å². The number of para-hydroxylation sites is 1. The second kappa shape index (κ2) is 5.52. The number of benzene rings is 2. The van der Waals surface area contributed by atoms with Crippen molar-refractivity contribution < 1.29 is 5.11 Å². The van der Waals surface area contributed by atoms with Crippen LogP contribution in [0.15, 0.2) is 42.6 Å². The van der Waals surface area contributed by atoms with E-state index in [4.69, 9.17) is 0 Å². The van der Waals surface area contributed by atoms with Crippen molar-refractivity contribution in [3.05, 3.63) is 59.3 Å². The highest BCUT2D eigenvalue weighted by atomic mass is 16.3. The second-order valence-corrected chi connectivity index (χ2v) is 5.49. The van der Waals surface area contributed by atoms with Crippen molar-refractivity contribution in [2.75, 3.05) is 11.9 Å². The van der Waals surface area contributed by atoms with Gasteiger partial charge in [0.1, 0.15) is 5.75 Å². The number of aromatic hydroxyl groups is 1. The molecule has 108 valence electrons. The van der Waals surface area contributed by atoms with Crippen LogP contribution in [0.4, 0.5) is 5.69 Å². The van der Waals surface area contributed by atoms with Gasteiger partial charge in [-0.3, -0.25) is 0 Å². The number of hydrogen-bond acceptors (Lipinski definition) is 2. The maximum Gasteiger partial charge on any atom is 0.116 e. The lowest BCUT2D eigenvalue weighted by molar-refractivity contribution is 0.476. The molecule has 0 fully saturated rings. The average molecular weight is 280 g/mol. The van der Waals surface area contributed by atoms with Crippen LogP contribution in [0.1, 0.15) is 16.7 Å². The maximum absolute atomic E-state index is 9.22. The minimum atomic E-state index is 0.328. The van der Waals surface area contributed by atoms with Gasteiger partial charge >= 0.3 is 0 Å². The summed E-state index contributed by atoms with van der Waals surface area (Å²) in [6.45, 7) is 5.23. The molecule has 0 radical (unpaired) electrons. The first kappa shape index (κ1) is 13.6. The SMILES string of the molecule is Cc1cc(O)cc2cc[nH]c12.Cc1cccc2c1NCC2. The van der Waals surface area contributed by atoms with Gasteiger partial charge in [0.25, 0.3) is 0 Å². The fourth-order valence-electron chi connectivity index (χ4n) is 2.85. The van der Waals surface area contributed by atoms with Crippen molar-refractivity contribution in [2.24, 2.45) is 0 Å². The zero-order chi connectivity index (χ0) is 14.8. The predicted molar refractivity (Wildman–Crippen MR) is 88.1 cm³/mol. The first-order valence-corrected chi connectivity index (χ1v) is 7.24. The Kier molecular flexibility index (Phi) is 3.57. The summed E-state index contributed by atoms with van der Waals surface area (Å²) in [6.07, 6.45) is 3.06. The number of nitrogens with one attached hydrogen (secondary N) is 2. The number of fused-ring (bicyclic) bond motifs is 2. The fraction of sp³-hybridized carbons (Fsp3) is 0.222. The number of aromatic amines is 1. The average Bonchev–Trinajstić information content (AvgIpc) is 3.08. The Morgan fingerprint density at radius 1 is 1.05 bits per heavy atom. The Hall–Kier alpha value is -2.42. The normalized spacial score (nSPS) is 12.5. The van der Waals surface area contributed by atoms with Crippen LogP contribution in [-0.2, 0) is 6.42 Å². The molecule has 2 heterocycles. The van der Waals surface area contributed by atoms with E-state index in [1.807, 2.05) is 19.2 Å². The number of phenolic OH excluding ortho intramolecular Hbond substituents is 1. The summed E-state index contributed by atoms with van der Waals surface area (Å²) in [5, 5.41) is 13.6. The number of phenols is 1. The molecule has 0 aliphatic carbocycles. The van der Waals surface area contributed by atoms with Crippen LogP contribution in [0.25, 0.3) is 10.9 Å². The molecule has 0 unspecified atom stereocenters. The van der Waals surface area contributed by atoms with Crippen molar-refractivity contribution in [3.63, 3.8) is 0 Å². The molecule has 4 rings (SSSR count). The molecule has 1 aromatic heterocycles. The van der Waals surface area contributed by atoms with E-state index < -0.39 is 0 Å². The Bertz CT molecular complexity index is 774. The quantitative estimate of drug-likeness (QED) is 0.579. The van der Waals surface area contributed by atoms with E-state index in [2.05, 4.69) is 35.4 Å². The summed E-state index contributed by atoms with van der Waals surface area (Å²) in [4.78, 5) is 3.10. The lowest BCUT2D eigenvalue weighted by atomic mass is 10.1. The predicted octanol–water partition coefficient (Wildman–Crippen LogP) is 4.14. The van der Waals surface area contributed by atoms with Gasteiger partial charge in [0.05, 0.1) is 0 Å². The third-order valence-electron chi connectivity index (χ3n) is 3.90. The first-order valence-electron chi connectivity index (χ1n) is 7.24. The smallest absolute Gasteiger partial charge is 0.116 e. The minimum Gasteiger partial charge on any atom is -0.508 e. The van der Waals surface area contributed by atoms with Crippen LogP contribution in [-0.4, -0.2) is 16.6 Å². The highest BCUT2D eigenvalue weighted by Crippen LogP contribution is 2.25. The van der Waals surface area contributed by atoms with E-state index in [0.29, 0.717) is 5.75 Å². The molecule has 0 atom stereocenters. The van der Waals surface area contributed by atoms with E-state index >= 15 is 0 Å². The Morgan fingerprint density at radius 3 is 2.71 bits per heavy atom. The molecule has 3 aromatic rings. The molecule has 3 heteroatoms. The zero-order valence-electron chi connectivity index (χ0n) is 12.4. The van der Waals surface area contributed by atoms with Crippen LogP contribution in [0.2, 0.25) is 0 Å². The summed E-state index contributed by atoms with van der Waals surface area (Å²) in [5.41, 5.74) is 6.38. The van der Waals surface area contributed by atoms with Crippen LogP contribution in [0.5, 0.6) is 5.75 Å². The molecule has 3 nitrogen and oxygen atoms in total. The van der Waals surface area contributed by atoms with Crippen LogP contribution in [0.3, 0.4) is 0 Å². The molecule has 0 saturated heterocycles. The number of anilines is 1. The van der Waals surface area contributed by atoms with E-state index in [0.717, 1.165) is 23.0 Å². The summed E-state index contributed by atoms with van der Waals surface area (Å²) in [7, 11) is 0. The maximum atomic E-state index is 9.22. The monoisotopic (exact) mass is 280 g/mol. The van der Waals surface area contributed by atoms with E-state index in [-0.39, 0.29) is 0 Å². The fourth-order valence-corrected chi connectivity index (χ4v) is 2.85. The van der Waals surface area contributed by atoms with Gasteiger partial charge in [-0.15, -0.1) is 0 Å². The lowest BCUT2D eigenvalue weighted by Gasteiger charge is -2.01. The zero-order valence-corrected chi connectivity index (χ0v) is 12.4. The second-order valence-electron chi connectivity index (χ2n) is 5.49. The molecule has 0 amide bonds. The highest BCUT2D eigenvalue weighted by molar-refractivity contribution is 5.83. The molecule has 21 heavy (non-hydrogen) atoms. The topological polar surface area (TPSA) is 48.0 Å².